The number of amides is 1. The lowest BCUT2D eigenvalue weighted by atomic mass is 9.74. The van der Waals surface area contributed by atoms with Gasteiger partial charge in [0.25, 0.3) is 0 Å². The quantitative estimate of drug-likeness (QED) is 0.797. The van der Waals surface area contributed by atoms with Gasteiger partial charge >= 0.3 is 0 Å². The second-order valence-electron chi connectivity index (χ2n) is 7.29. The Morgan fingerprint density at radius 2 is 2.33 bits per heavy atom. The first-order valence-electron chi connectivity index (χ1n) is 9.06. The van der Waals surface area contributed by atoms with Crippen molar-refractivity contribution in [2.24, 2.45) is 5.41 Å². The van der Waals surface area contributed by atoms with Crippen LogP contribution in [0.2, 0.25) is 0 Å². The summed E-state index contributed by atoms with van der Waals surface area (Å²) in [4.78, 5) is 14.4. The van der Waals surface area contributed by atoms with Gasteiger partial charge in [-0.2, -0.15) is 0 Å². The van der Waals surface area contributed by atoms with Gasteiger partial charge in [-0.15, -0.1) is 0 Å². The molecular weight excluding hydrogens is 348 g/mol. The Hall–Kier alpha value is -2.51. The van der Waals surface area contributed by atoms with Crippen molar-refractivity contribution in [1.29, 1.82) is 0 Å². The fourth-order valence-electron chi connectivity index (χ4n) is 4.11. The molecule has 1 aromatic carbocycles. The SMILES string of the molecule is COc1ccc2c(c1)OCC1(CO)CN(CC(=O)NCc3ccco3)CC21. The van der Waals surface area contributed by atoms with E-state index in [4.69, 9.17) is 13.9 Å². The van der Waals surface area contributed by atoms with E-state index < -0.39 is 0 Å². The molecule has 3 heterocycles. The minimum atomic E-state index is -0.386. The molecule has 1 saturated heterocycles. The lowest BCUT2D eigenvalue weighted by Gasteiger charge is -2.38. The summed E-state index contributed by atoms with van der Waals surface area (Å²) in [5, 5.41) is 13.0. The molecular formula is C20H24N2O5. The Bertz CT molecular complexity index is 807. The van der Waals surface area contributed by atoms with Crippen LogP contribution in [0.5, 0.6) is 11.5 Å². The average Bonchev–Trinajstić information content (AvgIpc) is 3.33. The van der Waals surface area contributed by atoms with Gasteiger partial charge in [-0.25, -0.2) is 0 Å². The maximum absolute atomic E-state index is 12.3. The molecule has 0 saturated carbocycles. The third-order valence-electron chi connectivity index (χ3n) is 5.55. The number of aliphatic hydroxyl groups is 1. The molecule has 2 aliphatic heterocycles. The molecule has 1 fully saturated rings. The van der Waals surface area contributed by atoms with E-state index in [1.165, 1.54) is 0 Å². The van der Waals surface area contributed by atoms with Gasteiger partial charge in [0.05, 0.1) is 39.7 Å². The molecule has 2 N–H and O–H groups in total. The van der Waals surface area contributed by atoms with Crippen molar-refractivity contribution >= 4 is 5.91 Å². The summed E-state index contributed by atoms with van der Waals surface area (Å²) in [6.45, 7) is 2.43. The molecule has 7 nitrogen and oxygen atoms in total. The lowest BCUT2D eigenvalue weighted by molar-refractivity contribution is -0.122. The van der Waals surface area contributed by atoms with Crippen LogP contribution >= 0.6 is 0 Å². The van der Waals surface area contributed by atoms with Gasteiger partial charge in [0.15, 0.2) is 0 Å². The maximum atomic E-state index is 12.3. The summed E-state index contributed by atoms with van der Waals surface area (Å²) < 4.78 is 16.5. The highest BCUT2D eigenvalue weighted by molar-refractivity contribution is 5.78. The first-order valence-corrected chi connectivity index (χ1v) is 9.06. The Balaban J connectivity index is 1.45. The van der Waals surface area contributed by atoms with Crippen LogP contribution in [0.15, 0.2) is 41.0 Å². The van der Waals surface area contributed by atoms with Crippen LogP contribution in [0.3, 0.4) is 0 Å². The number of carbonyl (C=O) groups is 1. The van der Waals surface area contributed by atoms with Gasteiger partial charge in [-0.3, -0.25) is 9.69 Å². The molecule has 0 radical (unpaired) electrons. The summed E-state index contributed by atoms with van der Waals surface area (Å²) in [6.07, 6.45) is 1.59. The van der Waals surface area contributed by atoms with Crippen LogP contribution in [-0.2, 0) is 11.3 Å². The van der Waals surface area contributed by atoms with Crippen LogP contribution in [0.1, 0.15) is 17.2 Å². The predicted molar refractivity (Wildman–Crippen MR) is 97.7 cm³/mol. The van der Waals surface area contributed by atoms with E-state index in [1.54, 1.807) is 19.4 Å². The Morgan fingerprint density at radius 3 is 3.07 bits per heavy atom. The van der Waals surface area contributed by atoms with Crippen molar-refractivity contribution in [2.45, 2.75) is 12.5 Å². The monoisotopic (exact) mass is 372 g/mol. The van der Waals surface area contributed by atoms with Crippen molar-refractivity contribution in [2.75, 3.05) is 40.0 Å². The van der Waals surface area contributed by atoms with Gasteiger partial charge in [0.2, 0.25) is 5.91 Å². The van der Waals surface area contributed by atoms with Crippen molar-refractivity contribution in [3.05, 3.63) is 47.9 Å². The number of hydrogen-bond donors (Lipinski definition) is 2. The second kappa shape index (κ2) is 7.25. The Kier molecular flexibility index (Phi) is 4.80. The average molecular weight is 372 g/mol. The highest BCUT2D eigenvalue weighted by atomic mass is 16.5. The number of hydrogen-bond acceptors (Lipinski definition) is 6. The molecule has 0 bridgehead atoms. The van der Waals surface area contributed by atoms with E-state index >= 15 is 0 Å². The maximum Gasteiger partial charge on any atom is 0.234 e. The van der Waals surface area contributed by atoms with Crippen molar-refractivity contribution in [3.8, 4) is 11.5 Å². The molecule has 1 aromatic heterocycles. The highest BCUT2D eigenvalue weighted by Crippen LogP contribution is 2.49. The largest absolute Gasteiger partial charge is 0.497 e. The fraction of sp³-hybridized carbons (Fsp3) is 0.450. The summed E-state index contributed by atoms with van der Waals surface area (Å²) in [7, 11) is 1.63. The standard InChI is InChI=1S/C20H24N2O5/c1-25-14-4-5-16-17-9-22(10-19(24)21-8-15-3-2-6-26-15)11-20(17,12-23)13-27-18(16)7-14/h2-7,17,23H,8-13H2,1H3,(H,21,24). The van der Waals surface area contributed by atoms with Crippen LogP contribution in [-0.4, -0.2) is 55.9 Å². The number of benzene rings is 1. The molecule has 0 spiro atoms. The normalized spacial score (nSPS) is 24.0. The number of aliphatic hydroxyl groups excluding tert-OH is 1. The number of fused-ring (bicyclic) bond motifs is 3. The number of likely N-dealkylation sites (tertiary alicyclic amines) is 1. The molecule has 4 rings (SSSR count). The smallest absolute Gasteiger partial charge is 0.234 e. The number of carbonyl (C=O) groups excluding carboxylic acids is 1. The minimum absolute atomic E-state index is 0.0215. The minimum Gasteiger partial charge on any atom is -0.497 e. The summed E-state index contributed by atoms with van der Waals surface area (Å²) in [5.41, 5.74) is 0.678. The van der Waals surface area contributed by atoms with E-state index in [0.29, 0.717) is 26.2 Å². The van der Waals surface area contributed by atoms with Gasteiger partial charge in [0.1, 0.15) is 17.3 Å². The van der Waals surface area contributed by atoms with Gasteiger partial charge in [-0.1, -0.05) is 6.07 Å². The van der Waals surface area contributed by atoms with Crippen molar-refractivity contribution < 1.29 is 23.8 Å². The Morgan fingerprint density at radius 1 is 1.44 bits per heavy atom. The second-order valence-corrected chi connectivity index (χ2v) is 7.29. The number of nitrogens with one attached hydrogen (secondary N) is 1. The van der Waals surface area contributed by atoms with Crippen molar-refractivity contribution in [1.82, 2.24) is 10.2 Å². The molecule has 2 atom stereocenters. The van der Waals surface area contributed by atoms with E-state index in [-0.39, 0.29) is 30.4 Å². The first kappa shape index (κ1) is 17.9. The number of rotatable bonds is 6. The van der Waals surface area contributed by atoms with E-state index in [2.05, 4.69) is 10.2 Å². The van der Waals surface area contributed by atoms with Gasteiger partial charge in [0, 0.05) is 30.5 Å². The van der Waals surface area contributed by atoms with Crippen LogP contribution in [0.4, 0.5) is 0 Å². The zero-order chi connectivity index (χ0) is 18.9. The third-order valence-corrected chi connectivity index (χ3v) is 5.55. The molecule has 144 valence electrons. The molecule has 0 aliphatic carbocycles. The highest BCUT2D eigenvalue weighted by Gasteiger charge is 2.51. The molecule has 2 aliphatic rings. The van der Waals surface area contributed by atoms with Crippen LogP contribution < -0.4 is 14.8 Å². The van der Waals surface area contributed by atoms with Gasteiger partial charge < -0.3 is 24.3 Å². The molecule has 2 aromatic rings. The molecule has 7 heteroatoms. The topological polar surface area (TPSA) is 84.2 Å². The summed E-state index contributed by atoms with van der Waals surface area (Å²) in [6, 6.07) is 9.42. The first-order chi connectivity index (χ1) is 13.1. The Labute approximate surface area is 157 Å². The van der Waals surface area contributed by atoms with Gasteiger partial charge in [-0.05, 0) is 23.8 Å². The van der Waals surface area contributed by atoms with Crippen LogP contribution in [0.25, 0.3) is 0 Å². The predicted octanol–water partition coefficient (Wildman–Crippen LogP) is 1.37. The van der Waals surface area contributed by atoms with Crippen molar-refractivity contribution in [3.63, 3.8) is 0 Å². The fourth-order valence-corrected chi connectivity index (χ4v) is 4.11. The zero-order valence-electron chi connectivity index (χ0n) is 15.3. The van der Waals surface area contributed by atoms with Crippen LogP contribution in [0, 0.1) is 5.41 Å². The number of nitrogens with zero attached hydrogens (tertiary/aromatic N) is 1. The zero-order valence-corrected chi connectivity index (χ0v) is 15.3. The number of methoxy groups -OCH3 is 1. The number of ether oxygens (including phenoxy) is 2. The third kappa shape index (κ3) is 3.40. The van der Waals surface area contributed by atoms with E-state index in [1.807, 2.05) is 24.3 Å². The molecule has 27 heavy (non-hydrogen) atoms. The summed E-state index contributed by atoms with van der Waals surface area (Å²) in [5.74, 6) is 2.33. The van der Waals surface area contributed by atoms with E-state index in [9.17, 15) is 9.90 Å². The molecule has 1 amide bonds. The summed E-state index contributed by atoms with van der Waals surface area (Å²) >= 11 is 0. The lowest BCUT2D eigenvalue weighted by Crippen LogP contribution is -2.43. The molecule has 2 unspecified atom stereocenters. The van der Waals surface area contributed by atoms with E-state index in [0.717, 1.165) is 22.8 Å². The number of furan rings is 1.